The molecule has 1 aliphatic heterocycles. The molecule has 1 saturated heterocycles. The van der Waals surface area contributed by atoms with E-state index in [0.29, 0.717) is 0 Å². The molecule has 0 radical (unpaired) electrons. The van der Waals surface area contributed by atoms with Crippen molar-refractivity contribution in [1.82, 2.24) is 10.2 Å². The van der Waals surface area contributed by atoms with E-state index < -0.39 is 0 Å². The summed E-state index contributed by atoms with van der Waals surface area (Å²) in [6.45, 7) is 6.11. The van der Waals surface area contributed by atoms with Crippen LogP contribution in [0.25, 0.3) is 11.3 Å². The van der Waals surface area contributed by atoms with Crippen LogP contribution >= 0.6 is 11.8 Å². The summed E-state index contributed by atoms with van der Waals surface area (Å²) in [5.74, 6) is 1.13. The van der Waals surface area contributed by atoms with Gasteiger partial charge < -0.3 is 4.90 Å². The number of piperidine rings is 1. The molecule has 0 spiro atoms. The van der Waals surface area contributed by atoms with E-state index in [9.17, 15) is 0 Å². The zero-order valence-corrected chi connectivity index (χ0v) is 14.7. The third kappa shape index (κ3) is 4.79. The molecule has 1 aliphatic rings. The van der Waals surface area contributed by atoms with Gasteiger partial charge in [-0.2, -0.15) is 0 Å². The number of hydrogen-bond donors (Lipinski definition) is 1. The van der Waals surface area contributed by atoms with Crippen molar-refractivity contribution in [1.29, 1.82) is 0 Å². The molecule has 0 unspecified atom stereocenters. The monoisotopic (exact) mass is 328 g/mol. The smallest absolute Gasteiger partial charge is 0.119 e. The quantitative estimate of drug-likeness (QED) is 0.827. The fraction of sp³-hybridized carbons (Fsp3) is 0.474. The summed E-state index contributed by atoms with van der Waals surface area (Å²) >= 11 is 1.83. The molecular formula is C19H26N3S+. The predicted molar refractivity (Wildman–Crippen MR) is 97.0 cm³/mol. The summed E-state index contributed by atoms with van der Waals surface area (Å²) in [5.41, 5.74) is 3.46. The molecule has 0 amide bonds. The maximum absolute atomic E-state index is 4.39. The Hall–Kier alpha value is -1.39. The van der Waals surface area contributed by atoms with E-state index in [4.69, 9.17) is 0 Å². The number of aromatic nitrogens is 2. The largest absolute Gasteiger partial charge is 0.334 e. The highest BCUT2D eigenvalue weighted by Crippen LogP contribution is 2.20. The van der Waals surface area contributed by atoms with Gasteiger partial charge in [0.25, 0.3) is 0 Å². The van der Waals surface area contributed by atoms with Crippen molar-refractivity contribution in [2.75, 3.05) is 25.4 Å². The van der Waals surface area contributed by atoms with Crippen LogP contribution in [0.4, 0.5) is 0 Å². The molecule has 1 aromatic heterocycles. The fourth-order valence-electron chi connectivity index (χ4n) is 3.06. The highest BCUT2D eigenvalue weighted by Gasteiger charge is 2.13. The highest BCUT2D eigenvalue weighted by molar-refractivity contribution is 7.99. The molecule has 1 aromatic carbocycles. The predicted octanol–water partition coefficient (Wildman–Crippen LogP) is 2.87. The number of aryl methyl sites for hydroxylation is 1. The lowest BCUT2D eigenvalue weighted by atomic mass is 10.1. The van der Waals surface area contributed by atoms with Crippen LogP contribution < -0.4 is 4.90 Å². The van der Waals surface area contributed by atoms with Crippen molar-refractivity contribution in [3.8, 4) is 11.3 Å². The van der Waals surface area contributed by atoms with Crippen LogP contribution in [0.1, 0.15) is 31.7 Å². The molecule has 2 heterocycles. The lowest BCUT2D eigenvalue weighted by Gasteiger charge is -2.23. The molecule has 1 fully saturated rings. The second kappa shape index (κ2) is 8.46. The standard InChI is InChI=1S/C19H25N3S/c1-2-16-6-8-17(9-7-16)18-10-11-19(21-20-18)23-15-14-22-12-4-3-5-13-22/h6-11H,2-5,12-15H2,1H3/p+1. The third-order valence-corrected chi connectivity index (χ3v) is 5.49. The van der Waals surface area contributed by atoms with Gasteiger partial charge in [0.05, 0.1) is 25.3 Å². The fourth-order valence-corrected chi connectivity index (χ4v) is 3.93. The average molecular weight is 329 g/mol. The molecule has 0 bridgehead atoms. The Kier molecular flexibility index (Phi) is 6.06. The number of benzene rings is 1. The first-order valence-corrected chi connectivity index (χ1v) is 9.73. The number of nitrogens with zero attached hydrogens (tertiary/aromatic N) is 2. The first-order chi connectivity index (χ1) is 11.3. The van der Waals surface area contributed by atoms with E-state index in [0.717, 1.165) is 28.5 Å². The van der Waals surface area contributed by atoms with Gasteiger partial charge >= 0.3 is 0 Å². The summed E-state index contributed by atoms with van der Waals surface area (Å²) in [6, 6.07) is 12.8. The lowest BCUT2D eigenvalue weighted by molar-refractivity contribution is -0.902. The minimum absolute atomic E-state index is 0.957. The number of hydrogen-bond acceptors (Lipinski definition) is 3. The van der Waals surface area contributed by atoms with Gasteiger partial charge in [-0.1, -0.05) is 43.0 Å². The average Bonchev–Trinajstić information content (AvgIpc) is 2.63. The van der Waals surface area contributed by atoms with E-state index >= 15 is 0 Å². The van der Waals surface area contributed by atoms with E-state index in [-0.39, 0.29) is 0 Å². The Bertz CT molecular complexity index is 589. The van der Waals surface area contributed by atoms with Crippen molar-refractivity contribution in [2.24, 2.45) is 0 Å². The van der Waals surface area contributed by atoms with E-state index in [1.807, 2.05) is 11.8 Å². The van der Waals surface area contributed by atoms with Crippen molar-refractivity contribution in [3.63, 3.8) is 0 Å². The van der Waals surface area contributed by atoms with Gasteiger partial charge in [0.15, 0.2) is 0 Å². The van der Waals surface area contributed by atoms with Crippen LogP contribution in [0.5, 0.6) is 0 Å². The minimum Gasteiger partial charge on any atom is -0.334 e. The van der Waals surface area contributed by atoms with Crippen LogP contribution in [0.2, 0.25) is 0 Å². The van der Waals surface area contributed by atoms with Crippen LogP contribution in [-0.4, -0.2) is 35.6 Å². The summed E-state index contributed by atoms with van der Waals surface area (Å²) in [7, 11) is 0. The van der Waals surface area contributed by atoms with E-state index in [1.165, 1.54) is 44.5 Å². The summed E-state index contributed by atoms with van der Waals surface area (Å²) in [4.78, 5) is 1.75. The summed E-state index contributed by atoms with van der Waals surface area (Å²) in [6.07, 6.45) is 5.28. The van der Waals surface area contributed by atoms with Gasteiger partial charge in [-0.3, -0.25) is 0 Å². The number of thioether (sulfide) groups is 1. The number of nitrogens with one attached hydrogen (secondary N) is 1. The molecule has 3 nitrogen and oxygen atoms in total. The Morgan fingerprint density at radius 2 is 1.74 bits per heavy atom. The van der Waals surface area contributed by atoms with Crippen LogP contribution in [0.3, 0.4) is 0 Å². The van der Waals surface area contributed by atoms with Crippen LogP contribution in [-0.2, 0) is 6.42 Å². The SMILES string of the molecule is CCc1ccc(-c2ccc(SCC[NH+]3CCCCC3)nn2)cc1. The Labute approximate surface area is 143 Å². The molecule has 0 aliphatic carbocycles. The van der Waals surface area contributed by atoms with E-state index in [2.05, 4.69) is 53.5 Å². The molecule has 23 heavy (non-hydrogen) atoms. The van der Waals surface area contributed by atoms with Crippen LogP contribution in [0.15, 0.2) is 41.4 Å². The molecule has 4 heteroatoms. The normalized spacial score (nSPS) is 15.7. The minimum atomic E-state index is 0.957. The van der Waals surface area contributed by atoms with Crippen molar-refractivity contribution < 1.29 is 4.90 Å². The molecule has 2 aromatic rings. The van der Waals surface area contributed by atoms with Crippen molar-refractivity contribution in [3.05, 3.63) is 42.0 Å². The topological polar surface area (TPSA) is 30.2 Å². The second-order valence-corrected chi connectivity index (χ2v) is 7.33. The van der Waals surface area contributed by atoms with Gasteiger partial charge in [0, 0.05) is 11.3 Å². The molecule has 0 atom stereocenters. The van der Waals surface area contributed by atoms with Gasteiger partial charge in [0.2, 0.25) is 0 Å². The Balaban J connectivity index is 1.51. The summed E-state index contributed by atoms with van der Waals surface area (Å²) in [5, 5.41) is 9.81. The molecule has 122 valence electrons. The van der Waals surface area contributed by atoms with Crippen LogP contribution in [0, 0.1) is 0 Å². The first kappa shape index (κ1) is 16.5. The van der Waals surface area contributed by atoms with Gasteiger partial charge in [0.1, 0.15) is 5.03 Å². The molecule has 0 saturated carbocycles. The summed E-state index contributed by atoms with van der Waals surface area (Å²) < 4.78 is 0. The first-order valence-electron chi connectivity index (χ1n) is 8.74. The Morgan fingerprint density at radius 3 is 2.39 bits per heavy atom. The zero-order chi connectivity index (χ0) is 15.9. The maximum atomic E-state index is 4.39. The van der Waals surface area contributed by atoms with Crippen molar-refractivity contribution in [2.45, 2.75) is 37.6 Å². The molecular weight excluding hydrogens is 302 g/mol. The van der Waals surface area contributed by atoms with E-state index in [1.54, 1.807) is 4.90 Å². The highest BCUT2D eigenvalue weighted by atomic mass is 32.2. The number of quaternary nitrogens is 1. The number of rotatable bonds is 6. The van der Waals surface area contributed by atoms with Gasteiger partial charge in [-0.25, -0.2) is 0 Å². The van der Waals surface area contributed by atoms with Gasteiger partial charge in [-0.15, -0.1) is 10.2 Å². The number of likely N-dealkylation sites (tertiary alicyclic amines) is 1. The van der Waals surface area contributed by atoms with Gasteiger partial charge in [-0.05, 0) is 43.4 Å². The lowest BCUT2D eigenvalue weighted by Crippen LogP contribution is -3.13. The van der Waals surface area contributed by atoms with Crippen molar-refractivity contribution >= 4 is 11.8 Å². The Morgan fingerprint density at radius 1 is 0.957 bits per heavy atom. The molecule has 3 rings (SSSR count). The maximum Gasteiger partial charge on any atom is 0.119 e. The third-order valence-electron chi connectivity index (χ3n) is 4.56. The molecule has 1 N–H and O–H groups in total. The zero-order valence-electron chi connectivity index (χ0n) is 13.9. The second-order valence-electron chi connectivity index (χ2n) is 6.22.